The molecule has 41 heavy (non-hydrogen) atoms. The van der Waals surface area contributed by atoms with Crippen LogP contribution in [0.2, 0.25) is 0 Å². The Morgan fingerprint density at radius 2 is 1.83 bits per heavy atom. The van der Waals surface area contributed by atoms with E-state index in [9.17, 15) is 19.8 Å². The van der Waals surface area contributed by atoms with Gasteiger partial charge in [0, 0.05) is 24.3 Å². The highest BCUT2D eigenvalue weighted by Crippen LogP contribution is 2.66. The molecule has 1 aliphatic heterocycles. The van der Waals surface area contributed by atoms with Crippen LogP contribution in [0.3, 0.4) is 0 Å². The normalized spacial score (nSPS) is 33.4. The maximum Gasteiger partial charge on any atom is 0.331 e. The van der Waals surface area contributed by atoms with Crippen LogP contribution in [0.25, 0.3) is 0 Å². The standard InChI is InChI=1S/C35H52O6/c1-24(11-9-15-27-13-7-6-8-14-27)12-10-18-34-30(37)17-19-33(4,5)32(34)29(41-26(3)36)21-25(2)35(34,39)20-16-28-22-31(38)40-23-28/h6-8,13-14,22,24-25,29-30,32,37,39H,9-12,15-21,23H2,1-5H3. The molecule has 7 unspecified atom stereocenters. The number of hydrogen-bond acceptors (Lipinski definition) is 6. The Labute approximate surface area is 246 Å². The van der Waals surface area contributed by atoms with Crippen molar-refractivity contribution in [2.24, 2.45) is 28.6 Å². The number of carbonyl (C=O) groups excluding carboxylic acids is 2. The lowest BCUT2D eigenvalue weighted by Gasteiger charge is -2.67. The maximum absolute atomic E-state index is 12.8. The molecule has 0 amide bonds. The Kier molecular flexibility index (Phi) is 10.1. The first-order valence-electron chi connectivity index (χ1n) is 15.9. The highest BCUT2D eigenvalue weighted by Gasteiger charge is 2.69. The molecule has 0 saturated heterocycles. The van der Waals surface area contributed by atoms with Crippen molar-refractivity contribution in [1.29, 1.82) is 0 Å². The highest BCUT2D eigenvalue weighted by molar-refractivity contribution is 5.85. The summed E-state index contributed by atoms with van der Waals surface area (Å²) in [5.74, 6) is -0.462. The zero-order chi connectivity index (χ0) is 29.8. The van der Waals surface area contributed by atoms with Crippen LogP contribution in [-0.2, 0) is 25.5 Å². The van der Waals surface area contributed by atoms with E-state index in [0.29, 0.717) is 38.0 Å². The molecule has 2 saturated carbocycles. The minimum Gasteiger partial charge on any atom is -0.462 e. The van der Waals surface area contributed by atoms with E-state index in [4.69, 9.17) is 9.47 Å². The van der Waals surface area contributed by atoms with Crippen molar-refractivity contribution < 1.29 is 29.3 Å². The number of aliphatic hydroxyl groups is 2. The molecule has 7 atom stereocenters. The lowest BCUT2D eigenvalue weighted by atomic mass is 9.40. The average Bonchev–Trinajstić information content (AvgIpc) is 3.33. The van der Waals surface area contributed by atoms with Gasteiger partial charge in [-0.15, -0.1) is 0 Å². The Balaban J connectivity index is 1.57. The van der Waals surface area contributed by atoms with Crippen molar-refractivity contribution in [3.8, 4) is 0 Å². The number of aliphatic hydroxyl groups excluding tert-OH is 1. The van der Waals surface area contributed by atoms with Gasteiger partial charge in [0.1, 0.15) is 12.7 Å². The van der Waals surface area contributed by atoms with Crippen LogP contribution in [0.4, 0.5) is 0 Å². The number of fused-ring (bicyclic) bond motifs is 1. The summed E-state index contributed by atoms with van der Waals surface area (Å²) in [4.78, 5) is 24.0. The number of aryl methyl sites for hydroxylation is 1. The summed E-state index contributed by atoms with van der Waals surface area (Å²) in [6, 6.07) is 10.6. The van der Waals surface area contributed by atoms with Crippen molar-refractivity contribution >= 4 is 11.9 Å². The zero-order valence-corrected chi connectivity index (χ0v) is 25.9. The molecule has 0 bridgehead atoms. The van der Waals surface area contributed by atoms with E-state index in [1.165, 1.54) is 12.5 Å². The second kappa shape index (κ2) is 13.0. The van der Waals surface area contributed by atoms with E-state index in [2.05, 4.69) is 51.1 Å². The molecule has 6 nitrogen and oxygen atoms in total. The lowest BCUT2D eigenvalue weighted by Crippen LogP contribution is -2.72. The highest BCUT2D eigenvalue weighted by atomic mass is 16.5. The smallest absolute Gasteiger partial charge is 0.331 e. The fourth-order valence-corrected chi connectivity index (χ4v) is 8.80. The Hall–Kier alpha value is -2.18. The van der Waals surface area contributed by atoms with Gasteiger partial charge in [-0.1, -0.05) is 77.3 Å². The molecule has 6 heteroatoms. The second-order valence-electron chi connectivity index (χ2n) is 14.1. The summed E-state index contributed by atoms with van der Waals surface area (Å²) < 4.78 is 11.2. The molecule has 2 fully saturated rings. The van der Waals surface area contributed by atoms with Crippen molar-refractivity contribution in [2.75, 3.05) is 6.61 Å². The minimum absolute atomic E-state index is 0.173. The van der Waals surface area contributed by atoms with Crippen LogP contribution in [-0.4, -0.2) is 46.6 Å². The Bertz CT molecular complexity index is 1080. The number of benzene rings is 1. The third-order valence-electron chi connectivity index (χ3n) is 10.8. The Morgan fingerprint density at radius 1 is 1.12 bits per heavy atom. The molecule has 4 rings (SSSR count). The summed E-state index contributed by atoms with van der Waals surface area (Å²) in [5, 5.41) is 24.8. The van der Waals surface area contributed by atoms with E-state index in [1.807, 2.05) is 6.92 Å². The summed E-state index contributed by atoms with van der Waals surface area (Å²) in [6.45, 7) is 10.5. The fraction of sp³-hybridized carbons (Fsp3) is 0.714. The van der Waals surface area contributed by atoms with Gasteiger partial charge >= 0.3 is 11.9 Å². The predicted molar refractivity (Wildman–Crippen MR) is 160 cm³/mol. The summed E-state index contributed by atoms with van der Waals surface area (Å²) in [7, 11) is 0. The predicted octanol–water partition coefficient (Wildman–Crippen LogP) is 6.57. The molecular weight excluding hydrogens is 516 g/mol. The molecule has 0 aromatic heterocycles. The summed E-state index contributed by atoms with van der Waals surface area (Å²) >= 11 is 0. The van der Waals surface area contributed by atoms with Gasteiger partial charge in [-0.2, -0.15) is 0 Å². The van der Waals surface area contributed by atoms with Gasteiger partial charge in [0.25, 0.3) is 0 Å². The van der Waals surface area contributed by atoms with Gasteiger partial charge < -0.3 is 19.7 Å². The van der Waals surface area contributed by atoms with Crippen LogP contribution in [0.1, 0.15) is 104 Å². The van der Waals surface area contributed by atoms with Crippen LogP contribution >= 0.6 is 0 Å². The number of hydrogen-bond donors (Lipinski definition) is 2. The van der Waals surface area contributed by atoms with Crippen LogP contribution in [0.5, 0.6) is 0 Å². The molecule has 1 heterocycles. The van der Waals surface area contributed by atoms with Gasteiger partial charge in [0.15, 0.2) is 0 Å². The SMILES string of the molecule is CC(=O)OC1CC(C)C(O)(CCC2=CC(=O)OC2)C2(CCCC(C)CCCc3ccccc3)C(O)CCC(C)(C)C12. The van der Waals surface area contributed by atoms with Crippen molar-refractivity contribution in [1.82, 2.24) is 0 Å². The average molecular weight is 569 g/mol. The molecule has 0 spiro atoms. The molecular formula is C35H52O6. The van der Waals surface area contributed by atoms with Gasteiger partial charge in [0.05, 0.1) is 11.7 Å². The van der Waals surface area contributed by atoms with Gasteiger partial charge in [-0.25, -0.2) is 4.79 Å². The molecule has 2 aliphatic carbocycles. The number of ether oxygens (including phenoxy) is 2. The summed E-state index contributed by atoms with van der Waals surface area (Å²) in [5.41, 5.74) is 0.0483. The van der Waals surface area contributed by atoms with E-state index in [0.717, 1.165) is 44.1 Å². The second-order valence-corrected chi connectivity index (χ2v) is 14.1. The molecule has 228 valence electrons. The molecule has 0 radical (unpaired) electrons. The summed E-state index contributed by atoms with van der Waals surface area (Å²) in [6.07, 6.45) is 9.40. The zero-order valence-electron chi connectivity index (χ0n) is 25.9. The number of carbonyl (C=O) groups is 2. The first-order valence-corrected chi connectivity index (χ1v) is 15.9. The van der Waals surface area contributed by atoms with Crippen LogP contribution < -0.4 is 0 Å². The third kappa shape index (κ3) is 6.74. The van der Waals surface area contributed by atoms with Gasteiger partial charge in [-0.05, 0) is 79.8 Å². The maximum atomic E-state index is 12.8. The molecule has 2 N–H and O–H groups in total. The largest absolute Gasteiger partial charge is 0.462 e. The number of esters is 2. The monoisotopic (exact) mass is 568 g/mol. The van der Waals surface area contributed by atoms with Crippen molar-refractivity contribution in [2.45, 2.75) is 123 Å². The van der Waals surface area contributed by atoms with Gasteiger partial charge in [-0.3, -0.25) is 4.79 Å². The van der Waals surface area contributed by atoms with E-state index >= 15 is 0 Å². The quantitative estimate of drug-likeness (QED) is 0.277. The van der Waals surface area contributed by atoms with Crippen LogP contribution in [0, 0.1) is 28.6 Å². The lowest BCUT2D eigenvalue weighted by molar-refractivity contribution is -0.291. The Morgan fingerprint density at radius 3 is 2.49 bits per heavy atom. The molecule has 1 aromatic carbocycles. The number of cyclic esters (lactones) is 1. The first-order chi connectivity index (χ1) is 19.4. The van der Waals surface area contributed by atoms with E-state index in [1.54, 1.807) is 6.08 Å². The first kappa shape index (κ1) is 31.7. The van der Waals surface area contributed by atoms with E-state index in [-0.39, 0.29) is 41.9 Å². The molecule has 3 aliphatic rings. The van der Waals surface area contributed by atoms with E-state index < -0.39 is 17.1 Å². The third-order valence-corrected chi connectivity index (χ3v) is 10.8. The van der Waals surface area contributed by atoms with Crippen molar-refractivity contribution in [3.63, 3.8) is 0 Å². The topological polar surface area (TPSA) is 93.1 Å². The minimum atomic E-state index is -1.17. The number of rotatable bonds is 12. The van der Waals surface area contributed by atoms with Crippen LogP contribution in [0.15, 0.2) is 42.0 Å². The molecule has 1 aromatic rings. The van der Waals surface area contributed by atoms with Gasteiger partial charge in [0.2, 0.25) is 0 Å². The van der Waals surface area contributed by atoms with Crippen molar-refractivity contribution in [3.05, 3.63) is 47.5 Å². The fourth-order valence-electron chi connectivity index (χ4n) is 8.80.